The minimum Gasteiger partial charge on any atom is -0.387 e. The number of aromatic nitrogens is 1. The number of carbonyl (C=O) groups excluding carboxylic acids is 1. The second kappa shape index (κ2) is 6.22. The molecule has 0 aliphatic carbocycles. The maximum absolute atomic E-state index is 11.7. The summed E-state index contributed by atoms with van der Waals surface area (Å²) < 4.78 is 10.8. The number of nitrogens with zero attached hydrogens (tertiary/aromatic N) is 1. The molecule has 0 saturated carbocycles. The molecular weight excluding hydrogens is 226 g/mol. The van der Waals surface area contributed by atoms with E-state index in [4.69, 9.17) is 0 Å². The van der Waals surface area contributed by atoms with Crippen LogP contribution >= 0.6 is 0 Å². The molecule has 0 bridgehead atoms. The fourth-order valence-corrected chi connectivity index (χ4v) is 1.59. The molecular formula is C10H15N3O2S. The molecule has 1 atom stereocenters. The van der Waals surface area contributed by atoms with Crippen LogP contribution in [0, 0.1) is 0 Å². The lowest BCUT2D eigenvalue weighted by molar-refractivity contribution is 0.0956. The summed E-state index contributed by atoms with van der Waals surface area (Å²) in [6.07, 6.45) is 4.73. The number of hydrogen-bond acceptors (Lipinski definition) is 4. The smallest absolute Gasteiger partial charge is 0.254 e. The third-order valence-corrected chi connectivity index (χ3v) is 2.79. The molecule has 1 rings (SSSR count). The molecule has 0 spiro atoms. The second-order valence-corrected chi connectivity index (χ2v) is 4.76. The Bertz CT molecular complexity index is 395. The van der Waals surface area contributed by atoms with Gasteiger partial charge in [-0.3, -0.25) is 14.0 Å². The van der Waals surface area contributed by atoms with Gasteiger partial charge in [-0.2, -0.15) is 0 Å². The highest BCUT2D eigenvalue weighted by atomic mass is 32.2. The van der Waals surface area contributed by atoms with E-state index >= 15 is 0 Å². The summed E-state index contributed by atoms with van der Waals surface area (Å²) in [5.41, 5.74) is 1.22. The van der Waals surface area contributed by atoms with E-state index in [1.54, 1.807) is 25.6 Å². The van der Waals surface area contributed by atoms with Crippen LogP contribution in [0.3, 0.4) is 0 Å². The maximum Gasteiger partial charge on any atom is 0.254 e. The quantitative estimate of drug-likeness (QED) is 0.774. The molecule has 5 nitrogen and oxygen atoms in total. The van der Waals surface area contributed by atoms with Gasteiger partial charge in [0.2, 0.25) is 0 Å². The Balaban J connectivity index is 2.62. The summed E-state index contributed by atoms with van der Waals surface area (Å²) in [4.78, 5) is 15.6. The van der Waals surface area contributed by atoms with Gasteiger partial charge < -0.3 is 10.6 Å². The number of pyridine rings is 1. The third-order valence-electron chi connectivity index (χ3n) is 2.01. The largest absolute Gasteiger partial charge is 0.387 e. The van der Waals surface area contributed by atoms with Gasteiger partial charge >= 0.3 is 0 Å². The number of carbonyl (C=O) groups is 1. The molecule has 0 saturated heterocycles. The Morgan fingerprint density at radius 3 is 2.94 bits per heavy atom. The van der Waals surface area contributed by atoms with E-state index < -0.39 is 10.8 Å². The lowest BCUT2D eigenvalue weighted by atomic mass is 10.2. The lowest BCUT2D eigenvalue weighted by Gasteiger charge is -2.08. The van der Waals surface area contributed by atoms with Crippen LogP contribution in [0.1, 0.15) is 10.4 Å². The molecule has 0 aliphatic rings. The van der Waals surface area contributed by atoms with Crippen LogP contribution in [0.2, 0.25) is 0 Å². The van der Waals surface area contributed by atoms with Gasteiger partial charge in [0.15, 0.2) is 0 Å². The lowest BCUT2D eigenvalue weighted by Crippen LogP contribution is -2.28. The zero-order valence-electron chi connectivity index (χ0n) is 9.32. The van der Waals surface area contributed by atoms with E-state index in [-0.39, 0.29) is 5.91 Å². The van der Waals surface area contributed by atoms with Crippen molar-refractivity contribution in [2.24, 2.45) is 0 Å². The van der Waals surface area contributed by atoms with Crippen LogP contribution in [0.25, 0.3) is 0 Å². The minimum absolute atomic E-state index is 0.206. The molecule has 0 fully saturated rings. The molecule has 1 aromatic heterocycles. The van der Waals surface area contributed by atoms with Gasteiger partial charge in [0.1, 0.15) is 0 Å². The first kappa shape index (κ1) is 12.6. The molecule has 88 valence electrons. The van der Waals surface area contributed by atoms with Crippen molar-refractivity contribution in [3.05, 3.63) is 24.0 Å². The highest BCUT2D eigenvalue weighted by Crippen LogP contribution is 2.11. The van der Waals surface area contributed by atoms with Crippen molar-refractivity contribution >= 4 is 22.4 Å². The van der Waals surface area contributed by atoms with Crippen LogP contribution in [-0.4, -0.2) is 40.7 Å². The molecule has 1 aromatic rings. The molecule has 1 amide bonds. The maximum atomic E-state index is 11.7. The van der Waals surface area contributed by atoms with Gasteiger partial charge in [0.05, 0.1) is 5.56 Å². The Morgan fingerprint density at radius 2 is 2.31 bits per heavy atom. The molecule has 6 heteroatoms. The van der Waals surface area contributed by atoms with Crippen molar-refractivity contribution in [3.8, 4) is 0 Å². The number of rotatable bonds is 5. The zero-order valence-corrected chi connectivity index (χ0v) is 10.1. The Labute approximate surface area is 97.1 Å². The Hall–Kier alpha value is -1.43. The van der Waals surface area contributed by atoms with Crippen LogP contribution < -0.4 is 10.6 Å². The fraction of sp³-hybridized carbons (Fsp3) is 0.400. The zero-order chi connectivity index (χ0) is 12.0. The molecule has 1 heterocycles. The van der Waals surface area contributed by atoms with Crippen molar-refractivity contribution < 1.29 is 9.00 Å². The van der Waals surface area contributed by atoms with E-state index in [1.165, 1.54) is 6.20 Å². The van der Waals surface area contributed by atoms with E-state index in [0.29, 0.717) is 17.9 Å². The first-order chi connectivity index (χ1) is 7.65. The van der Waals surface area contributed by atoms with E-state index in [2.05, 4.69) is 15.6 Å². The molecule has 2 N–H and O–H groups in total. The van der Waals surface area contributed by atoms with E-state index in [1.807, 2.05) is 0 Å². The number of anilines is 1. The highest BCUT2D eigenvalue weighted by Gasteiger charge is 2.09. The van der Waals surface area contributed by atoms with Gasteiger partial charge in [-0.25, -0.2) is 0 Å². The Kier molecular flexibility index (Phi) is 4.91. The van der Waals surface area contributed by atoms with Gasteiger partial charge in [-0.05, 0) is 6.07 Å². The molecule has 1 unspecified atom stereocenters. The van der Waals surface area contributed by atoms with Crippen molar-refractivity contribution in [2.75, 3.05) is 30.9 Å². The van der Waals surface area contributed by atoms with Gasteiger partial charge in [0.25, 0.3) is 5.91 Å². The summed E-state index contributed by atoms with van der Waals surface area (Å²) in [7, 11) is 0.852. The predicted molar refractivity (Wildman–Crippen MR) is 65.1 cm³/mol. The van der Waals surface area contributed by atoms with Crippen molar-refractivity contribution in [2.45, 2.75) is 0 Å². The first-order valence-corrected chi connectivity index (χ1v) is 6.58. The van der Waals surface area contributed by atoms with Crippen LogP contribution in [-0.2, 0) is 10.8 Å². The summed E-state index contributed by atoms with van der Waals surface area (Å²) in [6, 6.07) is 1.73. The van der Waals surface area contributed by atoms with Crippen molar-refractivity contribution in [1.82, 2.24) is 10.3 Å². The topological polar surface area (TPSA) is 71.1 Å². The van der Waals surface area contributed by atoms with Crippen LogP contribution in [0.15, 0.2) is 18.5 Å². The number of hydrogen-bond donors (Lipinski definition) is 2. The van der Waals surface area contributed by atoms with Crippen molar-refractivity contribution in [1.29, 1.82) is 0 Å². The second-order valence-electron chi connectivity index (χ2n) is 3.20. The van der Waals surface area contributed by atoms with Crippen molar-refractivity contribution in [3.63, 3.8) is 0 Å². The number of amides is 1. The molecule has 0 radical (unpaired) electrons. The third kappa shape index (κ3) is 3.62. The highest BCUT2D eigenvalue weighted by molar-refractivity contribution is 7.84. The normalized spacial score (nSPS) is 11.9. The summed E-state index contributed by atoms with van der Waals surface area (Å²) in [5.74, 6) is 0.254. The summed E-state index contributed by atoms with van der Waals surface area (Å²) in [6.45, 7) is 0.403. The van der Waals surface area contributed by atoms with E-state index in [0.717, 1.165) is 5.69 Å². The fourth-order valence-electron chi connectivity index (χ4n) is 1.20. The summed E-state index contributed by atoms with van der Waals surface area (Å²) >= 11 is 0. The SMILES string of the molecule is CNc1ccncc1C(=O)NCCS(C)=O. The van der Waals surface area contributed by atoms with Gasteiger partial charge in [0, 0.05) is 54.5 Å². The average Bonchev–Trinajstić information content (AvgIpc) is 2.28. The van der Waals surface area contributed by atoms with Gasteiger partial charge in [-0.1, -0.05) is 0 Å². The average molecular weight is 241 g/mol. The van der Waals surface area contributed by atoms with Crippen LogP contribution in [0.4, 0.5) is 5.69 Å². The van der Waals surface area contributed by atoms with Gasteiger partial charge in [-0.15, -0.1) is 0 Å². The molecule has 0 aliphatic heterocycles. The minimum atomic E-state index is -0.891. The summed E-state index contributed by atoms with van der Waals surface area (Å²) in [5, 5.41) is 5.61. The molecule has 0 aromatic carbocycles. The monoisotopic (exact) mass is 241 g/mol. The van der Waals surface area contributed by atoms with Crippen LogP contribution in [0.5, 0.6) is 0 Å². The standard InChI is InChI=1S/C10H15N3O2S/c1-11-9-3-4-12-7-8(9)10(14)13-5-6-16(2)15/h3-4,7H,5-6H2,1-2H3,(H,11,12)(H,13,14). The predicted octanol–water partition coefficient (Wildman–Crippen LogP) is 0.232. The Morgan fingerprint density at radius 1 is 1.56 bits per heavy atom. The molecule has 16 heavy (non-hydrogen) atoms. The first-order valence-electron chi connectivity index (χ1n) is 4.85. The number of nitrogens with one attached hydrogen (secondary N) is 2. The van der Waals surface area contributed by atoms with E-state index in [9.17, 15) is 9.00 Å².